The minimum atomic E-state index is -0.513. The van der Waals surface area contributed by atoms with Gasteiger partial charge in [0.05, 0.1) is 12.2 Å². The average Bonchev–Trinajstić information content (AvgIpc) is 2.78. The highest BCUT2D eigenvalue weighted by Gasteiger charge is 2.62. The van der Waals surface area contributed by atoms with Gasteiger partial charge in [-0.3, -0.25) is 4.79 Å². The SMILES string of the molecule is C[C@H](O)[C@H]1C(=O)C[C@@H]2[C@H]3CC[C@@H]4C[C@H](O)CC[C@]4(C)[C@@H]3CC[C@@]21C. The van der Waals surface area contributed by atoms with Gasteiger partial charge in [-0.2, -0.15) is 0 Å². The fourth-order valence-electron chi connectivity index (χ4n) is 7.89. The molecule has 2 N–H and O–H groups in total. The van der Waals surface area contributed by atoms with Crippen LogP contribution in [0.3, 0.4) is 0 Å². The van der Waals surface area contributed by atoms with Crippen LogP contribution in [0.1, 0.15) is 72.1 Å². The number of aliphatic hydroxyl groups excluding tert-OH is 2. The molecular weight excluding hydrogens is 300 g/mol. The molecule has 0 unspecified atom stereocenters. The summed E-state index contributed by atoms with van der Waals surface area (Å²) in [5, 5.41) is 20.3. The van der Waals surface area contributed by atoms with Gasteiger partial charge in [-0.15, -0.1) is 0 Å². The highest BCUT2D eigenvalue weighted by molar-refractivity contribution is 5.85. The molecule has 0 aromatic rings. The minimum Gasteiger partial charge on any atom is -0.393 e. The highest BCUT2D eigenvalue weighted by atomic mass is 16.3. The first kappa shape index (κ1) is 17.0. The van der Waals surface area contributed by atoms with Crippen LogP contribution in [0.15, 0.2) is 0 Å². The van der Waals surface area contributed by atoms with Crippen LogP contribution in [0.25, 0.3) is 0 Å². The maximum Gasteiger partial charge on any atom is 0.139 e. The van der Waals surface area contributed by atoms with E-state index in [2.05, 4.69) is 13.8 Å². The molecule has 3 nitrogen and oxygen atoms in total. The van der Waals surface area contributed by atoms with Crippen molar-refractivity contribution in [2.45, 2.75) is 84.3 Å². The molecule has 0 heterocycles. The first-order valence-corrected chi connectivity index (χ1v) is 10.2. The zero-order chi connectivity index (χ0) is 17.3. The summed E-state index contributed by atoms with van der Waals surface area (Å²) in [6.45, 7) is 6.57. The molecule has 4 rings (SSSR count). The maximum absolute atomic E-state index is 12.7. The molecule has 0 aromatic heterocycles. The van der Waals surface area contributed by atoms with Gasteiger partial charge in [-0.1, -0.05) is 13.8 Å². The van der Waals surface area contributed by atoms with Crippen molar-refractivity contribution in [2.75, 3.05) is 0 Å². The lowest BCUT2D eigenvalue weighted by atomic mass is 9.44. The molecule has 24 heavy (non-hydrogen) atoms. The molecule has 9 atom stereocenters. The van der Waals surface area contributed by atoms with Crippen molar-refractivity contribution >= 4 is 5.78 Å². The summed E-state index contributed by atoms with van der Waals surface area (Å²) in [5.74, 6) is 2.64. The molecule has 4 saturated carbocycles. The van der Waals surface area contributed by atoms with Gasteiger partial charge in [0.15, 0.2) is 0 Å². The molecule has 4 fully saturated rings. The number of ketones is 1. The Morgan fingerprint density at radius 1 is 1.04 bits per heavy atom. The number of hydrogen-bond donors (Lipinski definition) is 2. The third-order valence-corrected chi connectivity index (χ3v) is 9.04. The van der Waals surface area contributed by atoms with E-state index in [0.29, 0.717) is 41.3 Å². The van der Waals surface area contributed by atoms with E-state index in [4.69, 9.17) is 0 Å². The number of carbonyl (C=O) groups is 1. The van der Waals surface area contributed by atoms with Crippen molar-refractivity contribution in [3.05, 3.63) is 0 Å². The largest absolute Gasteiger partial charge is 0.393 e. The first-order valence-electron chi connectivity index (χ1n) is 10.2. The Morgan fingerprint density at radius 3 is 2.46 bits per heavy atom. The number of fused-ring (bicyclic) bond motifs is 5. The van der Waals surface area contributed by atoms with Gasteiger partial charge in [-0.05, 0) is 86.4 Å². The van der Waals surface area contributed by atoms with Gasteiger partial charge < -0.3 is 10.2 Å². The summed E-state index contributed by atoms with van der Waals surface area (Å²) in [4.78, 5) is 12.7. The molecule has 4 aliphatic carbocycles. The van der Waals surface area contributed by atoms with Gasteiger partial charge >= 0.3 is 0 Å². The molecule has 0 amide bonds. The molecule has 3 heteroatoms. The fourth-order valence-corrected chi connectivity index (χ4v) is 7.89. The quantitative estimate of drug-likeness (QED) is 0.771. The normalized spacial score (nSPS) is 55.5. The second-order valence-electron chi connectivity index (χ2n) is 10.0. The molecule has 4 aliphatic rings. The van der Waals surface area contributed by atoms with E-state index in [1.165, 1.54) is 19.3 Å². The maximum atomic E-state index is 12.7. The number of hydrogen-bond acceptors (Lipinski definition) is 3. The molecular formula is C21H34O3. The Kier molecular flexibility index (Phi) is 3.93. The summed E-state index contributed by atoms with van der Waals surface area (Å²) in [6, 6.07) is 0. The van der Waals surface area contributed by atoms with Crippen molar-refractivity contribution in [1.29, 1.82) is 0 Å². The molecule has 136 valence electrons. The molecule has 0 bridgehead atoms. The van der Waals surface area contributed by atoms with Gasteiger partial charge in [-0.25, -0.2) is 0 Å². The smallest absolute Gasteiger partial charge is 0.139 e. The van der Waals surface area contributed by atoms with E-state index in [1.807, 2.05) is 6.92 Å². The third-order valence-electron chi connectivity index (χ3n) is 9.04. The Morgan fingerprint density at radius 2 is 1.75 bits per heavy atom. The summed E-state index contributed by atoms with van der Waals surface area (Å²) in [7, 11) is 0. The van der Waals surface area contributed by atoms with Gasteiger partial charge in [0, 0.05) is 12.3 Å². The predicted molar refractivity (Wildman–Crippen MR) is 93.3 cm³/mol. The number of carbonyl (C=O) groups excluding carboxylic acids is 1. The zero-order valence-electron chi connectivity index (χ0n) is 15.5. The van der Waals surface area contributed by atoms with Gasteiger partial charge in [0.2, 0.25) is 0 Å². The highest BCUT2D eigenvalue weighted by Crippen LogP contribution is 2.67. The van der Waals surface area contributed by atoms with Crippen molar-refractivity contribution in [1.82, 2.24) is 0 Å². The Balaban J connectivity index is 1.64. The lowest BCUT2D eigenvalue weighted by molar-refractivity contribution is -0.136. The van der Waals surface area contributed by atoms with Crippen LogP contribution < -0.4 is 0 Å². The number of Topliss-reactive ketones (excluding diaryl/α,β-unsaturated/α-hetero) is 1. The molecule has 0 saturated heterocycles. The van der Waals surface area contributed by atoms with Crippen LogP contribution in [-0.4, -0.2) is 28.2 Å². The summed E-state index contributed by atoms with van der Waals surface area (Å²) < 4.78 is 0. The van der Waals surface area contributed by atoms with Crippen LogP contribution >= 0.6 is 0 Å². The second kappa shape index (κ2) is 5.54. The van der Waals surface area contributed by atoms with Crippen LogP contribution in [0.4, 0.5) is 0 Å². The van der Waals surface area contributed by atoms with Crippen LogP contribution in [-0.2, 0) is 4.79 Å². The van der Waals surface area contributed by atoms with Crippen molar-refractivity contribution < 1.29 is 15.0 Å². The van der Waals surface area contributed by atoms with Crippen molar-refractivity contribution in [3.63, 3.8) is 0 Å². The van der Waals surface area contributed by atoms with Gasteiger partial charge in [0.1, 0.15) is 5.78 Å². The first-order chi connectivity index (χ1) is 11.3. The summed E-state index contributed by atoms with van der Waals surface area (Å²) >= 11 is 0. The fraction of sp³-hybridized carbons (Fsp3) is 0.952. The van der Waals surface area contributed by atoms with Crippen LogP contribution in [0.2, 0.25) is 0 Å². The van der Waals surface area contributed by atoms with E-state index < -0.39 is 6.10 Å². The summed E-state index contributed by atoms with van der Waals surface area (Å²) in [5.41, 5.74) is 0.360. The monoisotopic (exact) mass is 334 g/mol. The van der Waals surface area contributed by atoms with Crippen LogP contribution in [0.5, 0.6) is 0 Å². The predicted octanol–water partition coefficient (Wildman–Crippen LogP) is 3.57. The molecule has 0 aliphatic heterocycles. The topological polar surface area (TPSA) is 57.5 Å². The zero-order valence-corrected chi connectivity index (χ0v) is 15.5. The Hall–Kier alpha value is -0.410. The molecule has 0 radical (unpaired) electrons. The average molecular weight is 335 g/mol. The van der Waals surface area contributed by atoms with Crippen molar-refractivity contribution in [3.8, 4) is 0 Å². The van der Waals surface area contributed by atoms with E-state index in [1.54, 1.807) is 0 Å². The third kappa shape index (κ3) is 2.19. The Labute approximate surface area is 146 Å². The standard InChI is InChI=1S/C21H34O3/c1-12(22)19-18(24)11-17-15-5-4-13-10-14(23)6-8-20(13,2)16(15)7-9-21(17,19)3/h12-17,19,22-23H,4-11H2,1-3H3/t12-,13+,14+,15-,16+,17+,19-,20-,21-/m0/s1. The lowest BCUT2D eigenvalue weighted by Crippen LogP contribution is -2.54. The minimum absolute atomic E-state index is 0.00376. The number of rotatable bonds is 1. The van der Waals surface area contributed by atoms with Crippen molar-refractivity contribution in [2.24, 2.45) is 40.4 Å². The Bertz CT molecular complexity index is 529. The van der Waals surface area contributed by atoms with E-state index in [9.17, 15) is 15.0 Å². The molecule has 0 aromatic carbocycles. The molecule has 0 spiro atoms. The van der Waals surface area contributed by atoms with E-state index in [0.717, 1.165) is 25.7 Å². The lowest BCUT2D eigenvalue weighted by Gasteiger charge is -2.60. The number of aliphatic hydroxyl groups is 2. The van der Waals surface area contributed by atoms with Crippen LogP contribution in [0, 0.1) is 40.4 Å². The summed E-state index contributed by atoms with van der Waals surface area (Å²) in [6.07, 6.45) is 7.90. The van der Waals surface area contributed by atoms with E-state index >= 15 is 0 Å². The van der Waals surface area contributed by atoms with Gasteiger partial charge in [0.25, 0.3) is 0 Å². The van der Waals surface area contributed by atoms with E-state index in [-0.39, 0.29) is 17.4 Å². The second-order valence-corrected chi connectivity index (χ2v) is 10.0.